The van der Waals surface area contributed by atoms with Gasteiger partial charge in [0.1, 0.15) is 0 Å². The van der Waals surface area contributed by atoms with Crippen molar-refractivity contribution in [3.63, 3.8) is 0 Å². The van der Waals surface area contributed by atoms with Crippen molar-refractivity contribution in [3.8, 4) is 0 Å². The number of benzene rings is 2. The average molecular weight is 469 g/mol. The molecule has 0 saturated carbocycles. The molecule has 2 aliphatic heterocycles. The summed E-state index contributed by atoms with van der Waals surface area (Å²) in [6.07, 6.45) is 3.30. The van der Waals surface area contributed by atoms with Crippen LogP contribution in [-0.4, -0.2) is 62.5 Å². The first-order valence-electron chi connectivity index (χ1n) is 11.9. The summed E-state index contributed by atoms with van der Waals surface area (Å²) in [6, 6.07) is 13.8. The number of nitrogens with zero attached hydrogens (tertiary/aromatic N) is 3. The van der Waals surface area contributed by atoms with Crippen molar-refractivity contribution in [2.45, 2.75) is 32.6 Å². The third kappa shape index (κ3) is 6.06. The summed E-state index contributed by atoms with van der Waals surface area (Å²) in [7, 11) is 0. The van der Waals surface area contributed by atoms with E-state index in [1.165, 1.54) is 11.3 Å². The molecule has 0 bridgehead atoms. The van der Waals surface area contributed by atoms with Gasteiger partial charge < -0.3 is 15.1 Å². The molecule has 1 N–H and O–H groups in total. The van der Waals surface area contributed by atoms with Gasteiger partial charge in [0.2, 0.25) is 5.91 Å². The van der Waals surface area contributed by atoms with Crippen molar-refractivity contribution in [1.29, 1.82) is 0 Å². The Balaban J connectivity index is 1.19. The lowest BCUT2D eigenvalue weighted by molar-refractivity contribution is -0.117. The third-order valence-corrected chi connectivity index (χ3v) is 6.73. The summed E-state index contributed by atoms with van der Waals surface area (Å²) in [4.78, 5) is 31.6. The largest absolute Gasteiger partial charge is 0.369 e. The van der Waals surface area contributed by atoms with E-state index in [9.17, 15) is 9.59 Å². The van der Waals surface area contributed by atoms with E-state index in [2.05, 4.69) is 46.3 Å². The lowest BCUT2D eigenvalue weighted by atomic mass is 10.1. The van der Waals surface area contributed by atoms with Crippen LogP contribution in [0.5, 0.6) is 0 Å². The van der Waals surface area contributed by atoms with Gasteiger partial charge in [0.15, 0.2) is 0 Å². The number of carbonyl (C=O) groups excluding carboxylic acids is 2. The highest BCUT2D eigenvalue weighted by molar-refractivity contribution is 6.31. The summed E-state index contributed by atoms with van der Waals surface area (Å²) in [5.74, 6) is -0.0954. The number of carbonyl (C=O) groups is 2. The zero-order chi connectivity index (χ0) is 23.2. The number of hydrogen-bond acceptors (Lipinski definition) is 4. The molecular formula is C26H33ClN4O2. The number of halogens is 1. The molecule has 2 aromatic carbocycles. The van der Waals surface area contributed by atoms with E-state index >= 15 is 0 Å². The molecule has 0 radical (unpaired) electrons. The van der Waals surface area contributed by atoms with Crippen molar-refractivity contribution < 1.29 is 9.59 Å². The molecule has 0 unspecified atom stereocenters. The summed E-state index contributed by atoms with van der Waals surface area (Å²) >= 11 is 6.14. The third-order valence-electron chi connectivity index (χ3n) is 6.49. The normalized spacial score (nSPS) is 17.0. The quantitative estimate of drug-likeness (QED) is 0.592. The van der Waals surface area contributed by atoms with Crippen LogP contribution >= 0.6 is 11.6 Å². The van der Waals surface area contributed by atoms with Crippen molar-refractivity contribution in [2.75, 3.05) is 55.6 Å². The fourth-order valence-corrected chi connectivity index (χ4v) is 4.80. The minimum absolute atomic E-state index is 0.0498. The maximum Gasteiger partial charge on any atom is 0.253 e. The number of nitrogens with one attached hydrogen (secondary N) is 1. The molecule has 2 aliphatic rings. The van der Waals surface area contributed by atoms with E-state index < -0.39 is 0 Å². The Morgan fingerprint density at radius 3 is 2.58 bits per heavy atom. The van der Waals surface area contributed by atoms with E-state index in [1.807, 2.05) is 0 Å². The molecule has 4 rings (SSSR count). The lowest BCUT2D eigenvalue weighted by Crippen LogP contribution is -2.46. The predicted octanol–water partition coefficient (Wildman–Crippen LogP) is 4.11. The first-order valence-corrected chi connectivity index (χ1v) is 12.3. The number of hydrogen-bond donors (Lipinski definition) is 1. The van der Waals surface area contributed by atoms with E-state index in [0.717, 1.165) is 52.0 Å². The Labute approximate surface area is 201 Å². The molecule has 0 atom stereocenters. The summed E-state index contributed by atoms with van der Waals surface area (Å²) in [5, 5.41) is 3.55. The van der Waals surface area contributed by atoms with Crippen LogP contribution in [-0.2, 0) is 4.79 Å². The molecule has 2 heterocycles. The highest BCUT2D eigenvalue weighted by Gasteiger charge is 2.26. The molecule has 0 aliphatic carbocycles. The van der Waals surface area contributed by atoms with Crippen molar-refractivity contribution in [2.24, 2.45) is 0 Å². The molecule has 2 amide bonds. The molecule has 2 fully saturated rings. The van der Waals surface area contributed by atoms with Crippen molar-refractivity contribution in [1.82, 2.24) is 10.2 Å². The second-order valence-electron chi connectivity index (χ2n) is 8.94. The number of amides is 2. The van der Waals surface area contributed by atoms with Gasteiger partial charge in [-0.15, -0.1) is 0 Å². The lowest BCUT2D eigenvalue weighted by Gasteiger charge is -2.36. The SMILES string of the molecule is Cc1cccc(N2CCN(CCCCNC(=O)c3ccc(Cl)cc3N3CCCC3=O)CC2)c1. The van der Waals surface area contributed by atoms with Gasteiger partial charge in [0, 0.05) is 56.4 Å². The minimum atomic E-state index is -0.145. The molecule has 0 spiro atoms. The van der Waals surface area contributed by atoms with E-state index in [-0.39, 0.29) is 11.8 Å². The summed E-state index contributed by atoms with van der Waals surface area (Å²) in [5.41, 5.74) is 3.75. The second kappa shape index (κ2) is 11.0. The van der Waals surface area contributed by atoms with Crippen LogP contribution in [0, 0.1) is 6.92 Å². The molecule has 2 saturated heterocycles. The van der Waals surface area contributed by atoms with E-state index in [1.54, 1.807) is 23.1 Å². The topological polar surface area (TPSA) is 55.9 Å². The molecule has 6 nitrogen and oxygen atoms in total. The highest BCUT2D eigenvalue weighted by Crippen LogP contribution is 2.28. The minimum Gasteiger partial charge on any atom is -0.369 e. The predicted molar refractivity (Wildman–Crippen MR) is 134 cm³/mol. The van der Waals surface area contributed by atoms with Crippen LogP contribution < -0.4 is 15.1 Å². The van der Waals surface area contributed by atoms with Crippen LogP contribution in [0.4, 0.5) is 11.4 Å². The highest BCUT2D eigenvalue weighted by atomic mass is 35.5. The van der Waals surface area contributed by atoms with Crippen LogP contribution in [0.15, 0.2) is 42.5 Å². The molecule has 2 aromatic rings. The number of aryl methyl sites for hydroxylation is 1. The molecule has 33 heavy (non-hydrogen) atoms. The van der Waals surface area contributed by atoms with Crippen molar-refractivity contribution >= 4 is 34.8 Å². The van der Waals surface area contributed by atoms with Gasteiger partial charge in [-0.2, -0.15) is 0 Å². The zero-order valence-corrected chi connectivity index (χ0v) is 20.1. The zero-order valence-electron chi connectivity index (χ0n) is 19.4. The van der Waals surface area contributed by atoms with Gasteiger partial charge in [-0.3, -0.25) is 14.5 Å². The summed E-state index contributed by atoms with van der Waals surface area (Å²) < 4.78 is 0. The number of anilines is 2. The number of unbranched alkanes of at least 4 members (excludes halogenated alkanes) is 1. The molecular weight excluding hydrogens is 436 g/mol. The van der Waals surface area contributed by atoms with E-state index in [0.29, 0.717) is 35.8 Å². The Morgan fingerprint density at radius 1 is 1.03 bits per heavy atom. The van der Waals surface area contributed by atoms with Gasteiger partial charge >= 0.3 is 0 Å². The Kier molecular flexibility index (Phi) is 7.89. The second-order valence-corrected chi connectivity index (χ2v) is 9.38. The Hall–Kier alpha value is -2.57. The standard InChI is InChI=1S/C26H33ClN4O2/c1-20-6-4-7-22(18-20)30-16-14-29(15-17-30)12-3-2-11-28-26(33)23-10-9-21(27)19-24(23)31-13-5-8-25(31)32/h4,6-7,9-10,18-19H,2-3,5,8,11-17H2,1H3,(H,28,33). The van der Waals surface area contributed by atoms with Gasteiger partial charge in [0.25, 0.3) is 5.91 Å². The van der Waals surface area contributed by atoms with Gasteiger partial charge in [-0.05, 0) is 68.6 Å². The van der Waals surface area contributed by atoms with Crippen LogP contribution in [0.2, 0.25) is 5.02 Å². The first kappa shape index (κ1) is 23.6. The van der Waals surface area contributed by atoms with E-state index in [4.69, 9.17) is 11.6 Å². The number of piperazine rings is 1. The van der Waals surface area contributed by atoms with Crippen LogP contribution in [0.1, 0.15) is 41.6 Å². The fraction of sp³-hybridized carbons (Fsp3) is 0.462. The smallest absolute Gasteiger partial charge is 0.253 e. The maximum absolute atomic E-state index is 12.8. The maximum atomic E-state index is 12.8. The van der Waals surface area contributed by atoms with Gasteiger partial charge in [-0.25, -0.2) is 0 Å². The summed E-state index contributed by atoms with van der Waals surface area (Å²) in [6.45, 7) is 8.68. The average Bonchev–Trinajstić information content (AvgIpc) is 3.24. The molecule has 0 aromatic heterocycles. The molecule has 7 heteroatoms. The van der Waals surface area contributed by atoms with Crippen LogP contribution in [0.25, 0.3) is 0 Å². The fourth-order valence-electron chi connectivity index (χ4n) is 4.63. The Bertz CT molecular complexity index is 988. The van der Waals surface area contributed by atoms with Gasteiger partial charge in [-0.1, -0.05) is 23.7 Å². The van der Waals surface area contributed by atoms with Gasteiger partial charge in [0.05, 0.1) is 11.3 Å². The first-order chi connectivity index (χ1) is 16.0. The monoisotopic (exact) mass is 468 g/mol. The van der Waals surface area contributed by atoms with Crippen molar-refractivity contribution in [3.05, 3.63) is 58.6 Å². The van der Waals surface area contributed by atoms with Crippen LogP contribution in [0.3, 0.4) is 0 Å². The number of rotatable bonds is 8. The Morgan fingerprint density at radius 2 is 1.85 bits per heavy atom. The molecule has 176 valence electrons.